The van der Waals surface area contributed by atoms with Gasteiger partial charge in [-0.1, -0.05) is 13.3 Å². The highest BCUT2D eigenvalue weighted by Gasteiger charge is 2.30. The smallest absolute Gasteiger partial charge is 0.266 e. The standard InChI is InChI=1S/C10H16N2O3S/c1-2-3-8-6-10(13)12(11-8)9-4-5-16(14,15)7-9/h6,9,11H,2-5,7H2,1H3. The van der Waals surface area contributed by atoms with Gasteiger partial charge in [-0.05, 0) is 12.8 Å². The lowest BCUT2D eigenvalue weighted by atomic mass is 10.3. The maximum Gasteiger partial charge on any atom is 0.266 e. The van der Waals surface area contributed by atoms with Crippen LogP contribution in [0.3, 0.4) is 0 Å². The third-order valence-corrected chi connectivity index (χ3v) is 4.64. The van der Waals surface area contributed by atoms with E-state index in [0.717, 1.165) is 18.5 Å². The van der Waals surface area contributed by atoms with E-state index >= 15 is 0 Å². The number of aromatic nitrogens is 2. The minimum absolute atomic E-state index is 0.0823. The van der Waals surface area contributed by atoms with E-state index in [4.69, 9.17) is 0 Å². The fraction of sp³-hybridized carbons (Fsp3) is 0.700. The first-order valence-corrected chi connectivity index (χ1v) is 7.35. The molecule has 6 heteroatoms. The van der Waals surface area contributed by atoms with Gasteiger partial charge in [0, 0.05) is 11.8 Å². The van der Waals surface area contributed by atoms with Crippen LogP contribution in [0.15, 0.2) is 10.9 Å². The van der Waals surface area contributed by atoms with Crippen molar-refractivity contribution in [3.8, 4) is 0 Å². The van der Waals surface area contributed by atoms with Crippen molar-refractivity contribution in [2.24, 2.45) is 0 Å². The van der Waals surface area contributed by atoms with E-state index in [-0.39, 0.29) is 23.1 Å². The van der Waals surface area contributed by atoms with Crippen molar-refractivity contribution in [2.75, 3.05) is 11.5 Å². The molecule has 0 spiro atoms. The third kappa shape index (κ3) is 2.21. The predicted octanol–water partition coefficient (Wildman–Crippen LogP) is 0.488. The fourth-order valence-electron chi connectivity index (χ4n) is 2.11. The molecule has 0 saturated carbocycles. The quantitative estimate of drug-likeness (QED) is 0.841. The van der Waals surface area contributed by atoms with E-state index in [1.165, 1.54) is 4.68 Å². The second-order valence-corrected chi connectivity index (χ2v) is 6.53. The summed E-state index contributed by atoms with van der Waals surface area (Å²) in [6, 6.07) is 1.36. The van der Waals surface area contributed by atoms with Crippen LogP contribution in [0.1, 0.15) is 31.5 Å². The molecule has 16 heavy (non-hydrogen) atoms. The molecule has 0 radical (unpaired) electrons. The van der Waals surface area contributed by atoms with Crippen molar-refractivity contribution in [2.45, 2.75) is 32.2 Å². The molecule has 1 saturated heterocycles. The van der Waals surface area contributed by atoms with Crippen LogP contribution in [0.5, 0.6) is 0 Å². The Morgan fingerprint density at radius 1 is 1.56 bits per heavy atom. The molecule has 1 aliphatic rings. The second-order valence-electron chi connectivity index (χ2n) is 4.30. The van der Waals surface area contributed by atoms with E-state index in [1.54, 1.807) is 6.07 Å². The van der Waals surface area contributed by atoms with Gasteiger partial charge in [-0.25, -0.2) is 13.1 Å². The Hall–Kier alpha value is -1.04. The summed E-state index contributed by atoms with van der Waals surface area (Å²) >= 11 is 0. The predicted molar refractivity (Wildman–Crippen MR) is 61.4 cm³/mol. The minimum Gasteiger partial charge on any atom is -0.299 e. The van der Waals surface area contributed by atoms with Crippen molar-refractivity contribution in [1.29, 1.82) is 0 Å². The van der Waals surface area contributed by atoms with Crippen LogP contribution in [-0.2, 0) is 16.3 Å². The summed E-state index contributed by atoms with van der Waals surface area (Å²) in [5.74, 6) is 0.269. The summed E-state index contributed by atoms with van der Waals surface area (Å²) in [6.07, 6.45) is 2.32. The second kappa shape index (κ2) is 4.08. The number of hydrogen-bond donors (Lipinski definition) is 1. The molecule has 1 aromatic rings. The van der Waals surface area contributed by atoms with Gasteiger partial charge in [-0.3, -0.25) is 9.89 Å². The number of H-pyrrole nitrogens is 1. The zero-order valence-electron chi connectivity index (χ0n) is 9.27. The molecule has 2 heterocycles. The maximum atomic E-state index is 11.6. The van der Waals surface area contributed by atoms with Gasteiger partial charge in [0.2, 0.25) is 0 Å². The van der Waals surface area contributed by atoms with Crippen LogP contribution in [-0.4, -0.2) is 29.7 Å². The highest BCUT2D eigenvalue weighted by Crippen LogP contribution is 2.21. The van der Waals surface area contributed by atoms with Crippen molar-refractivity contribution < 1.29 is 8.42 Å². The Labute approximate surface area is 94.4 Å². The van der Waals surface area contributed by atoms with Crippen LogP contribution >= 0.6 is 0 Å². The van der Waals surface area contributed by atoms with Gasteiger partial charge in [-0.15, -0.1) is 0 Å². The van der Waals surface area contributed by atoms with Crippen molar-refractivity contribution in [3.63, 3.8) is 0 Å². The lowest BCUT2D eigenvalue weighted by molar-refractivity contribution is 0.481. The Kier molecular flexibility index (Phi) is 2.92. The molecule has 1 N–H and O–H groups in total. The number of hydrogen-bond acceptors (Lipinski definition) is 3. The lowest BCUT2D eigenvalue weighted by Crippen LogP contribution is -2.22. The number of nitrogens with zero attached hydrogens (tertiary/aromatic N) is 1. The molecule has 5 nitrogen and oxygen atoms in total. The van der Waals surface area contributed by atoms with Crippen molar-refractivity contribution in [1.82, 2.24) is 9.78 Å². The summed E-state index contributed by atoms with van der Waals surface area (Å²) in [7, 11) is -2.94. The minimum atomic E-state index is -2.94. The van der Waals surface area contributed by atoms with Crippen molar-refractivity contribution in [3.05, 3.63) is 22.1 Å². The topological polar surface area (TPSA) is 71.9 Å². The molecule has 1 atom stereocenters. The Balaban J connectivity index is 2.25. The summed E-state index contributed by atoms with van der Waals surface area (Å²) in [4.78, 5) is 11.6. The maximum absolute atomic E-state index is 11.6. The number of aromatic amines is 1. The number of aryl methyl sites for hydroxylation is 1. The van der Waals surface area contributed by atoms with Gasteiger partial charge in [0.1, 0.15) is 0 Å². The summed E-state index contributed by atoms with van der Waals surface area (Å²) < 4.78 is 24.1. The zero-order chi connectivity index (χ0) is 11.8. The normalized spacial score (nSPS) is 23.7. The van der Waals surface area contributed by atoms with Crippen LogP contribution < -0.4 is 5.56 Å². The number of nitrogens with one attached hydrogen (secondary N) is 1. The summed E-state index contributed by atoms with van der Waals surface area (Å²) in [5, 5.41) is 3.00. The fourth-order valence-corrected chi connectivity index (χ4v) is 3.81. The van der Waals surface area contributed by atoms with E-state index in [1.807, 2.05) is 6.92 Å². The molecule has 0 amide bonds. The first-order valence-electron chi connectivity index (χ1n) is 5.52. The van der Waals surface area contributed by atoms with Gasteiger partial charge in [0.25, 0.3) is 5.56 Å². The van der Waals surface area contributed by atoms with Crippen molar-refractivity contribution >= 4 is 9.84 Å². The molecular formula is C10H16N2O3S. The van der Waals surface area contributed by atoms with Gasteiger partial charge < -0.3 is 0 Å². The van der Waals surface area contributed by atoms with Gasteiger partial charge >= 0.3 is 0 Å². The molecule has 2 rings (SSSR count). The van der Waals surface area contributed by atoms with E-state index in [0.29, 0.717) is 6.42 Å². The van der Waals surface area contributed by atoms with E-state index in [9.17, 15) is 13.2 Å². The van der Waals surface area contributed by atoms with Gasteiger partial charge in [-0.2, -0.15) is 0 Å². The molecular weight excluding hydrogens is 228 g/mol. The molecule has 1 aliphatic heterocycles. The monoisotopic (exact) mass is 244 g/mol. The molecule has 90 valence electrons. The largest absolute Gasteiger partial charge is 0.299 e. The van der Waals surface area contributed by atoms with Gasteiger partial charge in [0.15, 0.2) is 9.84 Å². The number of rotatable bonds is 3. The SMILES string of the molecule is CCCc1cc(=O)n(C2CCS(=O)(=O)C2)[nH]1. The Morgan fingerprint density at radius 3 is 2.88 bits per heavy atom. The molecule has 1 fully saturated rings. The van der Waals surface area contributed by atoms with Crippen LogP contribution in [0.4, 0.5) is 0 Å². The molecule has 1 unspecified atom stereocenters. The van der Waals surface area contributed by atoms with Crippen LogP contribution in [0.2, 0.25) is 0 Å². The molecule has 0 aromatic carbocycles. The van der Waals surface area contributed by atoms with E-state index < -0.39 is 9.84 Å². The first-order chi connectivity index (χ1) is 7.52. The van der Waals surface area contributed by atoms with Crippen LogP contribution in [0, 0.1) is 0 Å². The number of sulfone groups is 1. The first kappa shape index (κ1) is 11.4. The molecule has 0 bridgehead atoms. The average Bonchev–Trinajstić information content (AvgIpc) is 2.70. The highest BCUT2D eigenvalue weighted by atomic mass is 32.2. The summed E-state index contributed by atoms with van der Waals surface area (Å²) in [6.45, 7) is 2.04. The van der Waals surface area contributed by atoms with Crippen LogP contribution in [0.25, 0.3) is 0 Å². The van der Waals surface area contributed by atoms with E-state index in [2.05, 4.69) is 5.10 Å². The average molecular weight is 244 g/mol. The zero-order valence-corrected chi connectivity index (χ0v) is 10.1. The highest BCUT2D eigenvalue weighted by molar-refractivity contribution is 7.91. The molecule has 1 aromatic heterocycles. The third-order valence-electron chi connectivity index (χ3n) is 2.89. The Bertz CT molecular complexity index is 527. The lowest BCUT2D eigenvalue weighted by Gasteiger charge is -2.08. The molecule has 0 aliphatic carbocycles. The summed E-state index contributed by atoms with van der Waals surface area (Å²) in [5.41, 5.74) is 0.766. The Morgan fingerprint density at radius 2 is 2.31 bits per heavy atom. The van der Waals surface area contributed by atoms with Gasteiger partial charge in [0.05, 0.1) is 17.5 Å².